The van der Waals surface area contributed by atoms with Crippen LogP contribution in [0.4, 0.5) is 0 Å². The van der Waals surface area contributed by atoms with Crippen molar-refractivity contribution in [1.82, 2.24) is 5.32 Å². The summed E-state index contributed by atoms with van der Waals surface area (Å²) in [5, 5.41) is 11.2. The molecule has 0 atom stereocenters. The highest BCUT2D eigenvalue weighted by Crippen LogP contribution is 1.96. The number of aliphatic hydroxyl groups excluding tert-OH is 1. The van der Waals surface area contributed by atoms with E-state index in [-0.39, 0.29) is 12.5 Å². The van der Waals surface area contributed by atoms with Crippen LogP contribution < -0.4 is 5.32 Å². The van der Waals surface area contributed by atoms with Gasteiger partial charge >= 0.3 is 0 Å². The van der Waals surface area contributed by atoms with Crippen LogP contribution in [-0.4, -0.2) is 24.2 Å². The zero-order valence-corrected chi connectivity index (χ0v) is 16.1. The van der Waals surface area contributed by atoms with Gasteiger partial charge in [-0.1, -0.05) is 79.8 Å². The lowest BCUT2D eigenvalue weighted by atomic mass is 10.2. The van der Waals surface area contributed by atoms with Crippen molar-refractivity contribution in [2.45, 2.75) is 51.9 Å². The molecule has 0 aliphatic rings. The summed E-state index contributed by atoms with van der Waals surface area (Å²) in [4.78, 5) is 11.3. The van der Waals surface area contributed by atoms with Gasteiger partial charge in [-0.2, -0.15) is 0 Å². The van der Waals surface area contributed by atoms with E-state index in [0.29, 0.717) is 13.0 Å². The first-order chi connectivity index (χ1) is 12.8. The first-order valence-corrected chi connectivity index (χ1v) is 9.60. The third-order valence-corrected chi connectivity index (χ3v) is 3.35. The van der Waals surface area contributed by atoms with Crippen LogP contribution in [0.5, 0.6) is 0 Å². The van der Waals surface area contributed by atoms with Crippen molar-refractivity contribution in [3.63, 3.8) is 0 Å². The van der Waals surface area contributed by atoms with Crippen molar-refractivity contribution in [3.8, 4) is 0 Å². The molecule has 0 aromatic rings. The van der Waals surface area contributed by atoms with E-state index >= 15 is 0 Å². The van der Waals surface area contributed by atoms with Gasteiger partial charge in [0, 0.05) is 13.0 Å². The zero-order chi connectivity index (χ0) is 19.1. The fraction of sp³-hybridized carbons (Fsp3) is 0.435. The molecule has 0 spiro atoms. The van der Waals surface area contributed by atoms with Gasteiger partial charge in [-0.05, 0) is 38.5 Å². The summed E-state index contributed by atoms with van der Waals surface area (Å²) >= 11 is 0. The van der Waals surface area contributed by atoms with Crippen LogP contribution in [0.3, 0.4) is 0 Å². The lowest BCUT2D eigenvalue weighted by Gasteiger charge is -1.99. The molecular weight excluding hydrogens is 322 g/mol. The number of amides is 1. The molecule has 3 heteroatoms. The molecule has 1 amide bonds. The summed E-state index contributed by atoms with van der Waals surface area (Å²) in [6.45, 7) is 2.47. The Morgan fingerprint density at radius 2 is 1.27 bits per heavy atom. The average Bonchev–Trinajstić information content (AvgIpc) is 2.65. The Labute approximate surface area is 159 Å². The maximum Gasteiger partial charge on any atom is 0.220 e. The fourth-order valence-corrected chi connectivity index (χ4v) is 1.99. The molecule has 0 aromatic carbocycles. The van der Waals surface area contributed by atoms with Gasteiger partial charge in [-0.15, -0.1) is 0 Å². The molecule has 0 heterocycles. The van der Waals surface area contributed by atoms with Crippen LogP contribution in [0.2, 0.25) is 0 Å². The number of allylic oxidation sites excluding steroid dienone is 12. The SMILES string of the molecule is CC/C=C\C/C=C\C/C=C\C=C/C/C=C\C/C=C\CCC(=O)NCCO. The lowest BCUT2D eigenvalue weighted by molar-refractivity contribution is -0.121. The van der Waals surface area contributed by atoms with Crippen molar-refractivity contribution in [2.75, 3.05) is 13.2 Å². The topological polar surface area (TPSA) is 49.3 Å². The highest BCUT2D eigenvalue weighted by Gasteiger charge is 1.96. The second-order valence-electron chi connectivity index (χ2n) is 5.71. The summed E-state index contributed by atoms with van der Waals surface area (Å²) in [5.41, 5.74) is 0. The first kappa shape index (κ1) is 23.9. The van der Waals surface area contributed by atoms with Crippen LogP contribution in [0.25, 0.3) is 0 Å². The number of aliphatic hydroxyl groups is 1. The van der Waals surface area contributed by atoms with Crippen molar-refractivity contribution in [2.24, 2.45) is 0 Å². The Balaban J connectivity index is 3.57. The average molecular weight is 358 g/mol. The molecular formula is C23H35NO2. The fourth-order valence-electron chi connectivity index (χ4n) is 1.99. The Morgan fingerprint density at radius 1 is 0.769 bits per heavy atom. The summed E-state index contributed by atoms with van der Waals surface area (Å²) in [6, 6.07) is 0. The minimum Gasteiger partial charge on any atom is -0.395 e. The number of carbonyl (C=O) groups excluding carboxylic acids is 1. The summed E-state index contributed by atoms with van der Waals surface area (Å²) in [5.74, 6) is -0.0127. The predicted octanol–water partition coefficient (Wildman–Crippen LogP) is 5.18. The van der Waals surface area contributed by atoms with E-state index in [2.05, 4.69) is 79.1 Å². The lowest BCUT2D eigenvalue weighted by Crippen LogP contribution is -2.25. The van der Waals surface area contributed by atoms with E-state index < -0.39 is 0 Å². The third kappa shape index (κ3) is 19.9. The predicted molar refractivity (Wildman–Crippen MR) is 113 cm³/mol. The van der Waals surface area contributed by atoms with E-state index in [9.17, 15) is 4.79 Å². The quantitative estimate of drug-likeness (QED) is 0.313. The van der Waals surface area contributed by atoms with Crippen molar-refractivity contribution >= 4 is 5.91 Å². The second kappa shape index (κ2) is 20.9. The van der Waals surface area contributed by atoms with Gasteiger partial charge in [0.05, 0.1) is 6.61 Å². The van der Waals surface area contributed by atoms with Crippen molar-refractivity contribution in [1.29, 1.82) is 0 Å². The van der Waals surface area contributed by atoms with Gasteiger partial charge in [0.2, 0.25) is 5.91 Å². The van der Waals surface area contributed by atoms with Crippen LogP contribution in [0.1, 0.15) is 51.9 Å². The zero-order valence-electron chi connectivity index (χ0n) is 16.1. The minimum atomic E-state index is -0.0127. The maximum atomic E-state index is 11.3. The van der Waals surface area contributed by atoms with E-state index in [0.717, 1.165) is 38.5 Å². The minimum absolute atomic E-state index is 0.00932. The van der Waals surface area contributed by atoms with Gasteiger partial charge in [-0.3, -0.25) is 4.79 Å². The van der Waals surface area contributed by atoms with E-state index in [1.165, 1.54) is 0 Å². The highest BCUT2D eigenvalue weighted by molar-refractivity contribution is 5.75. The Morgan fingerprint density at radius 3 is 1.81 bits per heavy atom. The second-order valence-corrected chi connectivity index (χ2v) is 5.71. The number of hydrogen-bond acceptors (Lipinski definition) is 2. The Hall–Kier alpha value is -2.13. The molecule has 0 aromatic heterocycles. The maximum absolute atomic E-state index is 11.3. The molecule has 0 bridgehead atoms. The molecule has 0 fully saturated rings. The number of carbonyl (C=O) groups is 1. The smallest absolute Gasteiger partial charge is 0.220 e. The largest absolute Gasteiger partial charge is 0.395 e. The summed E-state index contributed by atoms with van der Waals surface area (Å²) < 4.78 is 0. The molecule has 2 N–H and O–H groups in total. The molecule has 26 heavy (non-hydrogen) atoms. The number of nitrogens with one attached hydrogen (secondary N) is 1. The molecule has 0 radical (unpaired) electrons. The highest BCUT2D eigenvalue weighted by atomic mass is 16.3. The summed E-state index contributed by atoms with van der Waals surface area (Å²) in [6.07, 6.45) is 31.7. The Bertz CT molecular complexity index is 496. The Kier molecular flexibility index (Phi) is 19.2. The van der Waals surface area contributed by atoms with Crippen LogP contribution in [0.15, 0.2) is 72.9 Å². The number of hydrogen-bond donors (Lipinski definition) is 2. The van der Waals surface area contributed by atoms with E-state index in [1.54, 1.807) is 0 Å². The normalized spacial score (nSPS) is 12.8. The van der Waals surface area contributed by atoms with Gasteiger partial charge in [0.25, 0.3) is 0 Å². The monoisotopic (exact) mass is 357 g/mol. The third-order valence-electron chi connectivity index (χ3n) is 3.35. The molecule has 144 valence electrons. The van der Waals surface area contributed by atoms with Crippen LogP contribution >= 0.6 is 0 Å². The van der Waals surface area contributed by atoms with Crippen molar-refractivity contribution in [3.05, 3.63) is 72.9 Å². The van der Waals surface area contributed by atoms with Gasteiger partial charge in [0.15, 0.2) is 0 Å². The van der Waals surface area contributed by atoms with Gasteiger partial charge in [0.1, 0.15) is 0 Å². The molecule has 0 unspecified atom stereocenters. The van der Waals surface area contributed by atoms with E-state index in [4.69, 9.17) is 5.11 Å². The number of rotatable bonds is 15. The van der Waals surface area contributed by atoms with Crippen LogP contribution in [0, 0.1) is 0 Å². The first-order valence-electron chi connectivity index (χ1n) is 9.60. The van der Waals surface area contributed by atoms with E-state index in [1.807, 2.05) is 6.08 Å². The molecule has 0 rings (SSSR count). The van der Waals surface area contributed by atoms with Crippen LogP contribution in [-0.2, 0) is 4.79 Å². The standard InChI is InChI=1S/C23H35NO2/c1-2-3-4-5-6-7-8-9-10-11-12-13-14-15-16-17-18-19-20-23(26)24-21-22-25/h3-4,6-7,9-12,14-15,17-18,25H,2,5,8,13,16,19-22H2,1H3,(H,24,26)/b4-3-,7-6-,10-9-,12-11-,15-14-,18-17-. The van der Waals surface area contributed by atoms with Gasteiger partial charge < -0.3 is 10.4 Å². The molecule has 0 saturated carbocycles. The summed E-state index contributed by atoms with van der Waals surface area (Å²) in [7, 11) is 0. The molecule has 0 saturated heterocycles. The molecule has 3 nitrogen and oxygen atoms in total. The molecule has 0 aliphatic carbocycles. The molecule has 0 aliphatic heterocycles. The van der Waals surface area contributed by atoms with Gasteiger partial charge in [-0.25, -0.2) is 0 Å². The van der Waals surface area contributed by atoms with Crippen molar-refractivity contribution < 1.29 is 9.90 Å².